The largest absolute Gasteiger partial charge is 0.460 e. The molecule has 1 aliphatic heterocycles. The molecule has 0 unspecified atom stereocenters. The lowest BCUT2D eigenvalue weighted by atomic mass is 9.92. The number of aromatic amines is 1. The van der Waals surface area contributed by atoms with E-state index in [0.29, 0.717) is 17.1 Å². The zero-order chi connectivity index (χ0) is 17.6. The van der Waals surface area contributed by atoms with E-state index < -0.39 is 0 Å². The first kappa shape index (κ1) is 15.5. The molecular weight excluding hydrogens is 318 g/mol. The van der Waals surface area contributed by atoms with Gasteiger partial charge < -0.3 is 9.73 Å². The van der Waals surface area contributed by atoms with Crippen molar-refractivity contribution in [2.45, 2.75) is 32.2 Å². The molecule has 3 aromatic rings. The van der Waals surface area contributed by atoms with Crippen LogP contribution in [0.4, 0.5) is 5.82 Å². The quantitative estimate of drug-likeness (QED) is 0.768. The van der Waals surface area contributed by atoms with E-state index in [0.717, 1.165) is 11.3 Å². The maximum atomic E-state index is 12.5. The Morgan fingerprint density at radius 2 is 1.88 bits per heavy atom. The zero-order valence-electron chi connectivity index (χ0n) is 14.1. The van der Waals surface area contributed by atoms with Crippen LogP contribution in [0.15, 0.2) is 51.7 Å². The van der Waals surface area contributed by atoms with Crippen LogP contribution in [0.1, 0.15) is 43.6 Å². The minimum Gasteiger partial charge on any atom is -0.460 e. The van der Waals surface area contributed by atoms with Gasteiger partial charge in [-0.25, -0.2) is 0 Å². The Morgan fingerprint density at radius 3 is 2.60 bits per heavy atom. The van der Waals surface area contributed by atoms with Crippen molar-refractivity contribution in [1.29, 1.82) is 0 Å². The smallest absolute Gasteiger partial charge is 0.270 e. The average molecular weight is 337 g/mol. The Kier molecular flexibility index (Phi) is 3.60. The number of nitrogens with zero attached hydrogens (tertiary/aromatic N) is 1. The number of hydrogen-bond acceptors (Lipinski definition) is 3. The molecule has 0 radical (unpaired) electrons. The van der Waals surface area contributed by atoms with Gasteiger partial charge in [-0.05, 0) is 26.0 Å². The summed E-state index contributed by atoms with van der Waals surface area (Å²) in [5.74, 6) is 1.39. The van der Waals surface area contributed by atoms with Gasteiger partial charge >= 0.3 is 0 Å². The van der Waals surface area contributed by atoms with E-state index in [-0.39, 0.29) is 29.8 Å². The molecule has 0 saturated carbocycles. The van der Waals surface area contributed by atoms with Crippen LogP contribution in [0, 0.1) is 0 Å². The number of rotatable bonds is 3. The van der Waals surface area contributed by atoms with Crippen LogP contribution < -0.4 is 10.9 Å². The number of amides is 1. The summed E-state index contributed by atoms with van der Waals surface area (Å²) in [6.07, 6.45) is 0.194. The fraction of sp³-hybridized carbons (Fsp3) is 0.263. The lowest BCUT2D eigenvalue weighted by Crippen LogP contribution is -2.27. The third-order valence-corrected chi connectivity index (χ3v) is 4.50. The van der Waals surface area contributed by atoms with E-state index >= 15 is 0 Å². The molecule has 0 aliphatic carbocycles. The molecule has 1 amide bonds. The van der Waals surface area contributed by atoms with Crippen molar-refractivity contribution < 1.29 is 9.21 Å². The fourth-order valence-corrected chi connectivity index (χ4v) is 3.31. The number of anilines is 1. The highest BCUT2D eigenvalue weighted by Crippen LogP contribution is 2.37. The summed E-state index contributed by atoms with van der Waals surface area (Å²) >= 11 is 0. The Labute approximate surface area is 144 Å². The molecule has 2 aromatic heterocycles. The van der Waals surface area contributed by atoms with Crippen molar-refractivity contribution in [3.8, 4) is 11.3 Å². The normalized spacial score (nSPS) is 16.8. The standard InChI is InChI=1S/C19H19N3O3/c1-11(2)22-18-17(19(24)21-22)13(10-16(23)20-18)15-9-8-14(25-15)12-6-4-3-5-7-12/h3-9,11,13H,10H2,1-2H3,(H,20,23)(H,21,24)/t13-/m0/s1. The molecule has 6 nitrogen and oxygen atoms in total. The summed E-state index contributed by atoms with van der Waals surface area (Å²) in [7, 11) is 0. The molecule has 6 heteroatoms. The van der Waals surface area contributed by atoms with Crippen LogP contribution >= 0.6 is 0 Å². The summed E-state index contributed by atoms with van der Waals surface area (Å²) in [6, 6.07) is 13.5. The predicted octanol–water partition coefficient (Wildman–Crippen LogP) is 3.49. The van der Waals surface area contributed by atoms with Crippen molar-refractivity contribution >= 4 is 11.7 Å². The summed E-state index contributed by atoms with van der Waals surface area (Å²) in [5, 5.41) is 5.64. The molecule has 128 valence electrons. The predicted molar refractivity (Wildman–Crippen MR) is 94.7 cm³/mol. The van der Waals surface area contributed by atoms with Crippen LogP contribution in [0.5, 0.6) is 0 Å². The molecule has 0 saturated heterocycles. The highest BCUT2D eigenvalue weighted by Gasteiger charge is 2.34. The first-order valence-corrected chi connectivity index (χ1v) is 8.34. The number of hydrogen-bond donors (Lipinski definition) is 2. The van der Waals surface area contributed by atoms with E-state index in [1.807, 2.05) is 56.3 Å². The van der Waals surface area contributed by atoms with Gasteiger partial charge in [-0.2, -0.15) is 0 Å². The van der Waals surface area contributed by atoms with Gasteiger partial charge in [0.05, 0.1) is 11.5 Å². The number of carbonyl (C=O) groups excluding carboxylic acids is 1. The molecule has 3 heterocycles. The van der Waals surface area contributed by atoms with Gasteiger partial charge in [-0.15, -0.1) is 0 Å². The first-order valence-electron chi connectivity index (χ1n) is 8.34. The average Bonchev–Trinajstić information content (AvgIpc) is 3.20. The molecule has 1 atom stereocenters. The van der Waals surface area contributed by atoms with Crippen LogP contribution in [0.3, 0.4) is 0 Å². The Bertz CT molecular complexity index is 979. The molecule has 1 aliphatic rings. The third kappa shape index (κ3) is 2.59. The number of furan rings is 1. The van der Waals surface area contributed by atoms with Crippen LogP contribution in [-0.4, -0.2) is 15.7 Å². The topological polar surface area (TPSA) is 80.0 Å². The second-order valence-electron chi connectivity index (χ2n) is 6.54. The number of carbonyl (C=O) groups is 1. The van der Waals surface area contributed by atoms with Gasteiger partial charge in [0, 0.05) is 18.0 Å². The lowest BCUT2D eigenvalue weighted by Gasteiger charge is -2.22. The highest BCUT2D eigenvalue weighted by molar-refractivity contribution is 5.94. The van der Waals surface area contributed by atoms with Crippen molar-refractivity contribution in [2.75, 3.05) is 5.32 Å². The maximum absolute atomic E-state index is 12.5. The fourth-order valence-electron chi connectivity index (χ4n) is 3.31. The van der Waals surface area contributed by atoms with Gasteiger partial charge in [0.1, 0.15) is 17.3 Å². The van der Waals surface area contributed by atoms with Crippen molar-refractivity contribution in [3.63, 3.8) is 0 Å². The summed E-state index contributed by atoms with van der Waals surface area (Å²) in [6.45, 7) is 3.90. The van der Waals surface area contributed by atoms with Crippen LogP contribution in [0.2, 0.25) is 0 Å². The maximum Gasteiger partial charge on any atom is 0.270 e. The van der Waals surface area contributed by atoms with E-state index in [1.165, 1.54) is 0 Å². The van der Waals surface area contributed by atoms with Crippen LogP contribution in [0.25, 0.3) is 11.3 Å². The van der Waals surface area contributed by atoms with Gasteiger partial charge in [0.15, 0.2) is 0 Å². The van der Waals surface area contributed by atoms with Crippen molar-refractivity contribution in [2.24, 2.45) is 0 Å². The molecule has 0 spiro atoms. The van der Waals surface area contributed by atoms with Crippen LogP contribution in [-0.2, 0) is 4.79 Å². The molecule has 4 rings (SSSR count). The minimum atomic E-state index is -0.384. The molecule has 0 fully saturated rings. The number of fused-ring (bicyclic) bond motifs is 1. The summed E-state index contributed by atoms with van der Waals surface area (Å²) < 4.78 is 7.69. The molecule has 1 aromatic carbocycles. The highest BCUT2D eigenvalue weighted by atomic mass is 16.3. The third-order valence-electron chi connectivity index (χ3n) is 4.50. The van der Waals surface area contributed by atoms with Gasteiger partial charge in [0.2, 0.25) is 5.91 Å². The number of nitrogens with one attached hydrogen (secondary N) is 2. The van der Waals surface area contributed by atoms with E-state index in [4.69, 9.17) is 4.42 Å². The molecule has 2 N–H and O–H groups in total. The first-order chi connectivity index (χ1) is 12.0. The van der Waals surface area contributed by atoms with Crippen molar-refractivity contribution in [1.82, 2.24) is 9.78 Å². The van der Waals surface area contributed by atoms with E-state index in [2.05, 4.69) is 10.4 Å². The van der Waals surface area contributed by atoms with Crippen molar-refractivity contribution in [3.05, 3.63) is 64.1 Å². The summed E-state index contributed by atoms with van der Waals surface area (Å²) in [5.41, 5.74) is 1.33. The second-order valence-corrected chi connectivity index (χ2v) is 6.54. The molecule has 0 bridgehead atoms. The van der Waals surface area contributed by atoms with E-state index in [9.17, 15) is 9.59 Å². The zero-order valence-corrected chi connectivity index (χ0v) is 14.1. The minimum absolute atomic E-state index is 0.0342. The van der Waals surface area contributed by atoms with Gasteiger partial charge in [-0.1, -0.05) is 30.3 Å². The molecule has 25 heavy (non-hydrogen) atoms. The lowest BCUT2D eigenvalue weighted by molar-refractivity contribution is -0.116. The van der Waals surface area contributed by atoms with Gasteiger partial charge in [-0.3, -0.25) is 19.4 Å². The summed E-state index contributed by atoms with van der Waals surface area (Å²) in [4.78, 5) is 24.7. The Hall–Kier alpha value is -3.02. The Morgan fingerprint density at radius 1 is 1.12 bits per heavy atom. The molecular formula is C19H19N3O3. The van der Waals surface area contributed by atoms with Gasteiger partial charge in [0.25, 0.3) is 5.56 Å². The Balaban J connectivity index is 1.79. The van der Waals surface area contributed by atoms with E-state index in [1.54, 1.807) is 4.68 Å². The SMILES string of the molecule is CC(C)n1[nH]c(=O)c2c1NC(=O)C[C@H]2c1ccc(-c2ccccc2)o1. The monoisotopic (exact) mass is 337 g/mol. The number of benzene rings is 1. The second kappa shape index (κ2) is 5.81. The number of aromatic nitrogens is 2. The number of H-pyrrole nitrogens is 1.